The highest BCUT2D eigenvalue weighted by molar-refractivity contribution is 7.09. The van der Waals surface area contributed by atoms with Gasteiger partial charge in [0.15, 0.2) is 0 Å². The molecular formula is C19H25ClN4O3S. The summed E-state index contributed by atoms with van der Waals surface area (Å²) < 4.78 is 5.10. The van der Waals surface area contributed by atoms with Crippen LogP contribution in [0.25, 0.3) is 0 Å². The SMILES string of the molecule is COCCN(Cc1nc(C(=O)NC(C)(C)C)cs1)C(=O)Nc1ccc(Cl)cc1. The molecule has 0 saturated heterocycles. The third-order valence-electron chi connectivity index (χ3n) is 3.55. The van der Waals surface area contributed by atoms with E-state index in [-0.39, 0.29) is 24.0 Å². The fourth-order valence-corrected chi connectivity index (χ4v) is 3.16. The molecule has 3 amide bonds. The van der Waals surface area contributed by atoms with Crippen LogP contribution in [0, 0.1) is 0 Å². The number of halogens is 1. The zero-order valence-electron chi connectivity index (χ0n) is 16.4. The summed E-state index contributed by atoms with van der Waals surface area (Å²) in [7, 11) is 1.58. The number of benzene rings is 1. The summed E-state index contributed by atoms with van der Waals surface area (Å²) in [4.78, 5) is 30.9. The Bertz CT molecular complexity index is 802. The number of nitrogens with one attached hydrogen (secondary N) is 2. The fraction of sp³-hybridized carbons (Fsp3) is 0.421. The number of rotatable bonds is 7. The molecule has 7 nitrogen and oxygen atoms in total. The van der Waals surface area contributed by atoms with Crippen molar-refractivity contribution in [3.05, 3.63) is 45.4 Å². The Labute approximate surface area is 174 Å². The molecule has 2 rings (SSSR count). The van der Waals surface area contributed by atoms with Crippen molar-refractivity contribution in [1.82, 2.24) is 15.2 Å². The minimum absolute atomic E-state index is 0.232. The molecule has 1 aromatic carbocycles. The zero-order chi connectivity index (χ0) is 20.7. The van der Waals surface area contributed by atoms with Crippen molar-refractivity contribution in [2.75, 3.05) is 25.6 Å². The molecule has 1 aromatic heterocycles. The lowest BCUT2D eigenvalue weighted by atomic mass is 10.1. The minimum atomic E-state index is -0.343. The van der Waals surface area contributed by atoms with Crippen molar-refractivity contribution in [3.8, 4) is 0 Å². The molecule has 0 saturated carbocycles. The van der Waals surface area contributed by atoms with Crippen LogP contribution in [0.2, 0.25) is 5.02 Å². The number of methoxy groups -OCH3 is 1. The van der Waals surface area contributed by atoms with Crippen LogP contribution >= 0.6 is 22.9 Å². The molecule has 0 atom stereocenters. The molecule has 1 heterocycles. The standard InChI is InChI=1S/C19H25ClN4O3S/c1-19(2,3)23-17(25)15-12-28-16(22-15)11-24(9-10-27-4)18(26)21-14-7-5-13(20)6-8-14/h5-8,12H,9-11H2,1-4H3,(H,21,26)(H,23,25). The summed E-state index contributed by atoms with van der Waals surface area (Å²) >= 11 is 7.21. The Hall–Kier alpha value is -2.16. The van der Waals surface area contributed by atoms with E-state index in [4.69, 9.17) is 16.3 Å². The first kappa shape index (κ1) is 22.1. The molecule has 0 aliphatic rings. The molecule has 0 bridgehead atoms. The second-order valence-electron chi connectivity index (χ2n) is 7.18. The number of hydrogen-bond acceptors (Lipinski definition) is 5. The summed E-state index contributed by atoms with van der Waals surface area (Å²) in [6.45, 7) is 6.77. The smallest absolute Gasteiger partial charge is 0.322 e. The maximum absolute atomic E-state index is 12.7. The molecular weight excluding hydrogens is 400 g/mol. The van der Waals surface area contributed by atoms with Gasteiger partial charge in [0.1, 0.15) is 10.7 Å². The van der Waals surface area contributed by atoms with Crippen molar-refractivity contribution in [3.63, 3.8) is 0 Å². The van der Waals surface area contributed by atoms with Crippen LogP contribution in [0.4, 0.5) is 10.5 Å². The third kappa shape index (κ3) is 7.10. The van der Waals surface area contributed by atoms with Gasteiger partial charge in [-0.15, -0.1) is 11.3 Å². The van der Waals surface area contributed by atoms with Gasteiger partial charge in [0.25, 0.3) is 5.91 Å². The Morgan fingerprint density at radius 3 is 2.54 bits per heavy atom. The van der Waals surface area contributed by atoms with Crippen LogP contribution in [0.3, 0.4) is 0 Å². The summed E-state index contributed by atoms with van der Waals surface area (Å²) in [5.41, 5.74) is 0.644. The molecule has 2 aromatic rings. The van der Waals surface area contributed by atoms with Gasteiger partial charge < -0.3 is 20.3 Å². The van der Waals surface area contributed by atoms with Gasteiger partial charge in [-0.2, -0.15) is 0 Å². The predicted molar refractivity (Wildman–Crippen MR) is 112 cm³/mol. The van der Waals surface area contributed by atoms with E-state index < -0.39 is 0 Å². The van der Waals surface area contributed by atoms with Crippen LogP contribution in [0.1, 0.15) is 36.3 Å². The van der Waals surface area contributed by atoms with Gasteiger partial charge in [0.2, 0.25) is 0 Å². The lowest BCUT2D eigenvalue weighted by molar-refractivity contribution is 0.0915. The topological polar surface area (TPSA) is 83.6 Å². The second kappa shape index (κ2) is 9.86. The summed E-state index contributed by atoms with van der Waals surface area (Å²) in [5.74, 6) is -0.232. The Morgan fingerprint density at radius 1 is 1.25 bits per heavy atom. The van der Waals surface area contributed by atoms with Crippen LogP contribution in [0.15, 0.2) is 29.6 Å². The fourth-order valence-electron chi connectivity index (χ4n) is 2.25. The molecule has 0 aliphatic heterocycles. The highest BCUT2D eigenvalue weighted by Crippen LogP contribution is 2.17. The quantitative estimate of drug-likeness (QED) is 0.703. The van der Waals surface area contributed by atoms with Crippen LogP contribution in [-0.2, 0) is 11.3 Å². The number of amides is 3. The highest BCUT2D eigenvalue weighted by Gasteiger charge is 2.20. The van der Waals surface area contributed by atoms with Gasteiger partial charge in [0, 0.05) is 35.3 Å². The monoisotopic (exact) mass is 424 g/mol. The van der Waals surface area contributed by atoms with E-state index in [1.165, 1.54) is 11.3 Å². The average Bonchev–Trinajstić information content (AvgIpc) is 3.08. The Kier molecular flexibility index (Phi) is 7.79. The van der Waals surface area contributed by atoms with Gasteiger partial charge in [0.05, 0.1) is 13.2 Å². The number of hydrogen-bond donors (Lipinski definition) is 2. The van der Waals surface area contributed by atoms with Crippen LogP contribution in [0.5, 0.6) is 0 Å². The number of carbonyl (C=O) groups excluding carboxylic acids is 2. The van der Waals surface area contributed by atoms with E-state index >= 15 is 0 Å². The summed E-state index contributed by atoms with van der Waals surface area (Å²) in [6, 6.07) is 6.59. The molecule has 9 heteroatoms. The summed E-state index contributed by atoms with van der Waals surface area (Å²) in [5, 5.41) is 8.67. The molecule has 0 unspecified atom stereocenters. The molecule has 0 aliphatic carbocycles. The molecule has 152 valence electrons. The minimum Gasteiger partial charge on any atom is -0.383 e. The number of carbonyl (C=O) groups is 2. The highest BCUT2D eigenvalue weighted by atomic mass is 35.5. The van der Waals surface area contributed by atoms with Crippen molar-refractivity contribution < 1.29 is 14.3 Å². The number of anilines is 1. The molecule has 0 radical (unpaired) electrons. The van der Waals surface area contributed by atoms with E-state index in [2.05, 4.69) is 15.6 Å². The Morgan fingerprint density at radius 2 is 1.93 bits per heavy atom. The first-order valence-electron chi connectivity index (χ1n) is 8.75. The van der Waals surface area contributed by atoms with Crippen LogP contribution in [-0.4, -0.2) is 47.6 Å². The number of aromatic nitrogens is 1. The van der Waals surface area contributed by atoms with Gasteiger partial charge >= 0.3 is 6.03 Å². The number of thiazole rings is 1. The van der Waals surface area contributed by atoms with E-state index in [9.17, 15) is 9.59 Å². The third-order valence-corrected chi connectivity index (χ3v) is 4.63. The predicted octanol–water partition coefficient (Wildman–Crippen LogP) is 4.01. The van der Waals surface area contributed by atoms with Crippen LogP contribution < -0.4 is 10.6 Å². The van der Waals surface area contributed by atoms with E-state index in [0.29, 0.717) is 34.6 Å². The maximum Gasteiger partial charge on any atom is 0.322 e. The van der Waals surface area contributed by atoms with Gasteiger partial charge in [-0.3, -0.25) is 4.79 Å². The first-order chi connectivity index (χ1) is 13.2. The average molecular weight is 425 g/mol. The van der Waals surface area contributed by atoms with Crippen molar-refractivity contribution >= 4 is 40.6 Å². The van der Waals surface area contributed by atoms with E-state index in [0.717, 1.165) is 0 Å². The second-order valence-corrected chi connectivity index (χ2v) is 8.56. The number of urea groups is 1. The molecule has 0 spiro atoms. The number of ether oxygens (including phenoxy) is 1. The lowest BCUT2D eigenvalue weighted by Crippen LogP contribution is -2.40. The van der Waals surface area contributed by atoms with Gasteiger partial charge in [-0.1, -0.05) is 11.6 Å². The van der Waals surface area contributed by atoms with E-state index in [1.54, 1.807) is 41.7 Å². The Balaban J connectivity index is 2.06. The zero-order valence-corrected chi connectivity index (χ0v) is 18.0. The summed E-state index contributed by atoms with van der Waals surface area (Å²) in [6.07, 6.45) is 0. The van der Waals surface area contributed by atoms with Crippen molar-refractivity contribution in [2.45, 2.75) is 32.9 Å². The molecule has 0 fully saturated rings. The largest absolute Gasteiger partial charge is 0.383 e. The van der Waals surface area contributed by atoms with E-state index in [1.807, 2.05) is 20.8 Å². The van der Waals surface area contributed by atoms with Gasteiger partial charge in [-0.05, 0) is 45.0 Å². The molecule has 28 heavy (non-hydrogen) atoms. The lowest BCUT2D eigenvalue weighted by Gasteiger charge is -2.22. The van der Waals surface area contributed by atoms with Crippen molar-refractivity contribution in [2.24, 2.45) is 0 Å². The van der Waals surface area contributed by atoms with Gasteiger partial charge in [-0.25, -0.2) is 9.78 Å². The number of nitrogens with zero attached hydrogens (tertiary/aromatic N) is 2. The first-order valence-corrected chi connectivity index (χ1v) is 10.0. The van der Waals surface area contributed by atoms with Crippen molar-refractivity contribution in [1.29, 1.82) is 0 Å². The maximum atomic E-state index is 12.7. The molecule has 2 N–H and O–H groups in total. The normalized spacial score (nSPS) is 11.2.